The molecule has 0 aliphatic heterocycles. The molecule has 4 heteroatoms. The van der Waals surface area contributed by atoms with Crippen LogP contribution in [0.3, 0.4) is 0 Å². The highest BCUT2D eigenvalue weighted by atomic mass is 16.5. The van der Waals surface area contributed by atoms with Crippen LogP contribution in [-0.2, 0) is 6.54 Å². The molecular formula is C12H21N3O. The van der Waals surface area contributed by atoms with Crippen molar-refractivity contribution in [2.75, 3.05) is 34.3 Å². The van der Waals surface area contributed by atoms with Crippen LogP contribution < -0.4 is 10.1 Å². The molecule has 90 valence electrons. The van der Waals surface area contributed by atoms with Gasteiger partial charge in [-0.25, -0.2) is 4.98 Å². The van der Waals surface area contributed by atoms with E-state index in [1.807, 2.05) is 12.1 Å². The van der Waals surface area contributed by atoms with Gasteiger partial charge >= 0.3 is 0 Å². The van der Waals surface area contributed by atoms with Gasteiger partial charge in [0.1, 0.15) is 0 Å². The summed E-state index contributed by atoms with van der Waals surface area (Å²) in [5.74, 6) is 0.711. The molecule has 0 unspecified atom stereocenters. The largest absolute Gasteiger partial charge is 0.481 e. The lowest BCUT2D eigenvalue weighted by atomic mass is 10.2. The monoisotopic (exact) mass is 223 g/mol. The molecule has 0 amide bonds. The van der Waals surface area contributed by atoms with Crippen molar-refractivity contribution in [3.05, 3.63) is 23.9 Å². The average molecular weight is 223 g/mol. The second-order valence-electron chi connectivity index (χ2n) is 4.01. The van der Waals surface area contributed by atoms with E-state index in [4.69, 9.17) is 4.74 Å². The van der Waals surface area contributed by atoms with Gasteiger partial charge in [0.05, 0.1) is 7.11 Å². The highest BCUT2D eigenvalue weighted by molar-refractivity contribution is 5.24. The number of nitrogens with one attached hydrogen (secondary N) is 1. The van der Waals surface area contributed by atoms with Crippen molar-refractivity contribution in [2.24, 2.45) is 0 Å². The van der Waals surface area contributed by atoms with E-state index in [-0.39, 0.29) is 0 Å². The predicted molar refractivity (Wildman–Crippen MR) is 65.7 cm³/mol. The summed E-state index contributed by atoms with van der Waals surface area (Å²) in [6.07, 6.45) is 2.89. The van der Waals surface area contributed by atoms with Crippen LogP contribution in [-0.4, -0.2) is 44.2 Å². The Hall–Kier alpha value is -1.13. The minimum Gasteiger partial charge on any atom is -0.481 e. The Morgan fingerprint density at radius 2 is 2.25 bits per heavy atom. The van der Waals surface area contributed by atoms with Crippen molar-refractivity contribution >= 4 is 0 Å². The first kappa shape index (κ1) is 12.9. The summed E-state index contributed by atoms with van der Waals surface area (Å²) in [6.45, 7) is 2.93. The van der Waals surface area contributed by atoms with Gasteiger partial charge in [-0.1, -0.05) is 6.07 Å². The van der Waals surface area contributed by atoms with Crippen LogP contribution in [0.25, 0.3) is 0 Å². The molecule has 0 spiro atoms. The van der Waals surface area contributed by atoms with Gasteiger partial charge in [-0.15, -0.1) is 0 Å². The lowest BCUT2D eigenvalue weighted by molar-refractivity contribution is 0.384. The Morgan fingerprint density at radius 3 is 2.94 bits per heavy atom. The van der Waals surface area contributed by atoms with Crippen LogP contribution in [0.4, 0.5) is 0 Å². The van der Waals surface area contributed by atoms with Gasteiger partial charge in [0.25, 0.3) is 0 Å². The van der Waals surface area contributed by atoms with Crippen LogP contribution in [0.5, 0.6) is 5.88 Å². The maximum Gasteiger partial charge on any atom is 0.217 e. The number of methoxy groups -OCH3 is 1. The van der Waals surface area contributed by atoms with Gasteiger partial charge in [-0.05, 0) is 39.7 Å². The van der Waals surface area contributed by atoms with Crippen molar-refractivity contribution in [1.29, 1.82) is 0 Å². The number of hydrogen-bond acceptors (Lipinski definition) is 4. The van der Waals surface area contributed by atoms with E-state index in [2.05, 4.69) is 29.3 Å². The van der Waals surface area contributed by atoms with Gasteiger partial charge < -0.3 is 15.0 Å². The van der Waals surface area contributed by atoms with E-state index in [0.29, 0.717) is 5.88 Å². The second kappa shape index (κ2) is 7.19. The first-order valence-electron chi connectivity index (χ1n) is 5.57. The quantitative estimate of drug-likeness (QED) is 0.703. The third-order valence-electron chi connectivity index (χ3n) is 2.32. The zero-order chi connectivity index (χ0) is 11.8. The van der Waals surface area contributed by atoms with Crippen molar-refractivity contribution in [3.63, 3.8) is 0 Å². The van der Waals surface area contributed by atoms with Gasteiger partial charge in [0, 0.05) is 18.3 Å². The summed E-state index contributed by atoms with van der Waals surface area (Å²) in [6, 6.07) is 3.96. The number of pyridine rings is 1. The minimum atomic E-state index is 0.711. The molecule has 0 radical (unpaired) electrons. The van der Waals surface area contributed by atoms with Gasteiger partial charge in [0.15, 0.2) is 0 Å². The molecule has 0 fully saturated rings. The molecule has 0 aromatic carbocycles. The molecule has 0 aliphatic rings. The van der Waals surface area contributed by atoms with Crippen molar-refractivity contribution < 1.29 is 4.74 Å². The zero-order valence-electron chi connectivity index (χ0n) is 10.4. The normalized spacial score (nSPS) is 10.8. The van der Waals surface area contributed by atoms with Crippen LogP contribution in [0.2, 0.25) is 0 Å². The summed E-state index contributed by atoms with van der Waals surface area (Å²) in [4.78, 5) is 6.34. The fourth-order valence-electron chi connectivity index (χ4n) is 1.49. The van der Waals surface area contributed by atoms with Gasteiger partial charge in [0.2, 0.25) is 5.88 Å². The SMILES string of the molecule is COc1ncccc1CNCCCN(C)C. The summed E-state index contributed by atoms with van der Waals surface area (Å²) < 4.78 is 5.18. The van der Waals surface area contributed by atoms with E-state index in [1.54, 1.807) is 13.3 Å². The molecule has 0 saturated carbocycles. The topological polar surface area (TPSA) is 37.4 Å². The Labute approximate surface area is 97.6 Å². The Bertz CT molecular complexity index is 302. The molecule has 1 aromatic rings. The van der Waals surface area contributed by atoms with Crippen LogP contribution in [0.1, 0.15) is 12.0 Å². The molecule has 0 atom stereocenters. The third-order valence-corrected chi connectivity index (χ3v) is 2.32. The van der Waals surface area contributed by atoms with E-state index in [1.165, 1.54) is 0 Å². The van der Waals surface area contributed by atoms with Crippen molar-refractivity contribution in [2.45, 2.75) is 13.0 Å². The number of aromatic nitrogens is 1. The van der Waals surface area contributed by atoms with E-state index in [9.17, 15) is 0 Å². The lowest BCUT2D eigenvalue weighted by Gasteiger charge is -2.10. The summed E-state index contributed by atoms with van der Waals surface area (Å²) in [5, 5.41) is 3.39. The molecule has 1 N–H and O–H groups in total. The number of rotatable bonds is 7. The predicted octanol–water partition coefficient (Wildman–Crippen LogP) is 1.13. The number of nitrogens with zero attached hydrogens (tertiary/aromatic N) is 2. The molecule has 1 heterocycles. The van der Waals surface area contributed by atoms with Crippen molar-refractivity contribution in [3.8, 4) is 5.88 Å². The molecule has 0 saturated heterocycles. The Balaban J connectivity index is 2.26. The zero-order valence-corrected chi connectivity index (χ0v) is 10.4. The van der Waals surface area contributed by atoms with Crippen LogP contribution in [0, 0.1) is 0 Å². The second-order valence-corrected chi connectivity index (χ2v) is 4.01. The smallest absolute Gasteiger partial charge is 0.217 e. The summed E-state index contributed by atoms with van der Waals surface area (Å²) in [5.41, 5.74) is 1.11. The van der Waals surface area contributed by atoms with Crippen LogP contribution in [0.15, 0.2) is 18.3 Å². The number of ether oxygens (including phenoxy) is 1. The standard InChI is InChI=1S/C12H21N3O/c1-15(2)9-5-7-13-10-11-6-4-8-14-12(11)16-3/h4,6,8,13H,5,7,9-10H2,1-3H3. The molecule has 0 bridgehead atoms. The van der Waals surface area contributed by atoms with E-state index >= 15 is 0 Å². The van der Waals surface area contributed by atoms with E-state index in [0.717, 1.165) is 31.6 Å². The number of hydrogen-bond donors (Lipinski definition) is 1. The Morgan fingerprint density at radius 1 is 1.44 bits per heavy atom. The first-order valence-corrected chi connectivity index (χ1v) is 5.57. The fourth-order valence-corrected chi connectivity index (χ4v) is 1.49. The minimum absolute atomic E-state index is 0.711. The van der Waals surface area contributed by atoms with E-state index < -0.39 is 0 Å². The average Bonchev–Trinajstić information content (AvgIpc) is 2.29. The molecule has 16 heavy (non-hydrogen) atoms. The van der Waals surface area contributed by atoms with Crippen molar-refractivity contribution in [1.82, 2.24) is 15.2 Å². The molecular weight excluding hydrogens is 202 g/mol. The first-order chi connectivity index (χ1) is 7.74. The molecule has 4 nitrogen and oxygen atoms in total. The summed E-state index contributed by atoms with van der Waals surface area (Å²) in [7, 11) is 5.83. The molecule has 0 aliphatic carbocycles. The highest BCUT2D eigenvalue weighted by Gasteiger charge is 2.01. The van der Waals surface area contributed by atoms with Gasteiger partial charge in [-0.3, -0.25) is 0 Å². The van der Waals surface area contributed by atoms with Crippen LogP contribution >= 0.6 is 0 Å². The molecule has 1 aromatic heterocycles. The third kappa shape index (κ3) is 4.59. The lowest BCUT2D eigenvalue weighted by Crippen LogP contribution is -2.21. The summed E-state index contributed by atoms with van der Waals surface area (Å²) >= 11 is 0. The fraction of sp³-hybridized carbons (Fsp3) is 0.583. The highest BCUT2D eigenvalue weighted by Crippen LogP contribution is 2.12. The molecule has 1 rings (SSSR count). The Kier molecular flexibility index (Phi) is 5.82. The maximum atomic E-state index is 5.18. The maximum absolute atomic E-state index is 5.18. The van der Waals surface area contributed by atoms with Gasteiger partial charge in [-0.2, -0.15) is 0 Å².